The summed E-state index contributed by atoms with van der Waals surface area (Å²) >= 11 is 1.99. The summed E-state index contributed by atoms with van der Waals surface area (Å²) in [7, 11) is 0. The van der Waals surface area contributed by atoms with Gasteiger partial charge in [-0.15, -0.1) is 6.42 Å². The van der Waals surface area contributed by atoms with Crippen LogP contribution in [-0.4, -0.2) is 6.54 Å². The van der Waals surface area contributed by atoms with Crippen molar-refractivity contribution in [1.82, 2.24) is 3.53 Å². The SMILES string of the molecule is C#CCNI. The molecule has 0 spiro atoms. The van der Waals surface area contributed by atoms with Gasteiger partial charge >= 0.3 is 0 Å². The molecule has 0 bridgehead atoms. The number of rotatable bonds is 1. The lowest BCUT2D eigenvalue weighted by Crippen LogP contribution is -1.93. The van der Waals surface area contributed by atoms with E-state index < -0.39 is 0 Å². The monoisotopic (exact) mass is 181 g/mol. The molecule has 28 valence electrons. The zero-order valence-electron chi connectivity index (χ0n) is 2.66. The number of hydrogen-bond acceptors (Lipinski definition) is 1. The summed E-state index contributed by atoms with van der Waals surface area (Å²) < 4.78 is 2.75. The van der Waals surface area contributed by atoms with E-state index in [-0.39, 0.29) is 0 Å². The van der Waals surface area contributed by atoms with Gasteiger partial charge in [-0.2, -0.15) is 0 Å². The van der Waals surface area contributed by atoms with Crippen LogP contribution in [0.4, 0.5) is 0 Å². The van der Waals surface area contributed by atoms with E-state index in [4.69, 9.17) is 6.42 Å². The van der Waals surface area contributed by atoms with Crippen LogP contribution in [0.5, 0.6) is 0 Å². The molecule has 0 unspecified atom stereocenters. The fourth-order valence-corrected chi connectivity index (χ4v) is 0.259. The normalized spacial score (nSPS) is 6.40. The minimum absolute atomic E-state index is 0.653. The first kappa shape index (κ1) is 5.25. The summed E-state index contributed by atoms with van der Waals surface area (Å²) in [5, 5.41) is 0. The molecule has 0 heterocycles. The molecular formula is C3H4IN. The van der Waals surface area contributed by atoms with E-state index in [2.05, 4.69) is 9.45 Å². The van der Waals surface area contributed by atoms with Gasteiger partial charge in [-0.3, -0.25) is 0 Å². The summed E-state index contributed by atoms with van der Waals surface area (Å²) in [6, 6.07) is 0. The lowest BCUT2D eigenvalue weighted by Gasteiger charge is -1.73. The van der Waals surface area contributed by atoms with Gasteiger partial charge in [0.1, 0.15) is 0 Å². The van der Waals surface area contributed by atoms with Crippen LogP contribution in [0.1, 0.15) is 0 Å². The second-order valence-corrected chi connectivity index (χ2v) is 1.28. The van der Waals surface area contributed by atoms with Crippen LogP contribution >= 0.6 is 22.9 Å². The minimum Gasteiger partial charge on any atom is -0.249 e. The molecule has 0 rings (SSSR count). The van der Waals surface area contributed by atoms with Crippen molar-refractivity contribution in [3.63, 3.8) is 0 Å². The fourth-order valence-electron chi connectivity index (χ4n) is 0.0386. The molecule has 0 saturated heterocycles. The van der Waals surface area contributed by atoms with Crippen molar-refractivity contribution in [2.75, 3.05) is 6.54 Å². The van der Waals surface area contributed by atoms with Crippen molar-refractivity contribution in [1.29, 1.82) is 0 Å². The zero-order chi connectivity index (χ0) is 4.12. The summed E-state index contributed by atoms with van der Waals surface area (Å²) in [5.74, 6) is 2.40. The molecule has 0 fully saturated rings. The maximum Gasteiger partial charge on any atom is 0.0661 e. The van der Waals surface area contributed by atoms with E-state index in [9.17, 15) is 0 Å². The van der Waals surface area contributed by atoms with Gasteiger partial charge < -0.3 is 0 Å². The Hall–Kier alpha value is 0.250. The topological polar surface area (TPSA) is 12.0 Å². The highest BCUT2D eigenvalue weighted by atomic mass is 127. The van der Waals surface area contributed by atoms with Gasteiger partial charge in [-0.1, -0.05) is 5.92 Å². The summed E-state index contributed by atoms with van der Waals surface area (Å²) in [5.41, 5.74) is 0. The Labute approximate surface area is 45.6 Å². The van der Waals surface area contributed by atoms with Crippen LogP contribution in [0.3, 0.4) is 0 Å². The third-order valence-electron chi connectivity index (χ3n) is 0.169. The molecule has 0 aliphatic rings. The van der Waals surface area contributed by atoms with Crippen LogP contribution in [0.2, 0.25) is 0 Å². The van der Waals surface area contributed by atoms with Gasteiger partial charge in [0, 0.05) is 22.9 Å². The predicted octanol–water partition coefficient (Wildman–Crippen LogP) is 0.559. The molecular weight excluding hydrogens is 177 g/mol. The van der Waals surface area contributed by atoms with Crippen molar-refractivity contribution in [3.05, 3.63) is 0 Å². The molecule has 0 saturated carbocycles. The molecule has 0 aliphatic heterocycles. The van der Waals surface area contributed by atoms with Crippen LogP contribution in [0.25, 0.3) is 0 Å². The predicted molar refractivity (Wildman–Crippen MR) is 30.9 cm³/mol. The highest BCUT2D eigenvalue weighted by Crippen LogP contribution is 1.60. The fraction of sp³-hybridized carbons (Fsp3) is 0.333. The van der Waals surface area contributed by atoms with Crippen molar-refractivity contribution in [3.8, 4) is 12.3 Å². The Bertz CT molecular complexity index is 45.3. The third-order valence-corrected chi connectivity index (χ3v) is 0.550. The highest BCUT2D eigenvalue weighted by molar-refractivity contribution is 14.1. The maximum absolute atomic E-state index is 4.82. The largest absolute Gasteiger partial charge is 0.249 e. The average Bonchev–Trinajstić information content (AvgIpc) is 1.41. The number of hydrogen-bond donors (Lipinski definition) is 1. The second kappa shape index (κ2) is 4.25. The second-order valence-electron chi connectivity index (χ2n) is 0.515. The quantitative estimate of drug-likeness (QED) is 0.354. The molecule has 0 amide bonds. The third kappa shape index (κ3) is 4.25. The van der Waals surface area contributed by atoms with E-state index in [1.807, 2.05) is 22.9 Å². The zero-order valence-corrected chi connectivity index (χ0v) is 4.82. The van der Waals surface area contributed by atoms with Crippen molar-refractivity contribution < 1.29 is 0 Å². The Balaban J connectivity index is 2.48. The summed E-state index contributed by atoms with van der Waals surface area (Å²) in [4.78, 5) is 0. The first-order valence-corrected chi connectivity index (χ1v) is 2.26. The Morgan fingerprint density at radius 3 is 2.60 bits per heavy atom. The van der Waals surface area contributed by atoms with E-state index in [1.165, 1.54) is 0 Å². The van der Waals surface area contributed by atoms with Crippen LogP contribution < -0.4 is 3.53 Å². The molecule has 2 heteroatoms. The van der Waals surface area contributed by atoms with Gasteiger partial charge in [0.15, 0.2) is 0 Å². The molecule has 1 nitrogen and oxygen atoms in total. The van der Waals surface area contributed by atoms with Crippen LogP contribution in [0.15, 0.2) is 0 Å². The van der Waals surface area contributed by atoms with Gasteiger partial charge in [-0.25, -0.2) is 3.53 Å². The molecule has 0 aromatic carbocycles. The minimum atomic E-state index is 0.653. The van der Waals surface area contributed by atoms with E-state index in [0.29, 0.717) is 6.54 Å². The van der Waals surface area contributed by atoms with Crippen LogP contribution in [-0.2, 0) is 0 Å². The van der Waals surface area contributed by atoms with Gasteiger partial charge in [0.05, 0.1) is 6.54 Å². The number of halogens is 1. The molecule has 1 N–H and O–H groups in total. The Kier molecular flexibility index (Phi) is 4.46. The number of terminal acetylenes is 1. The highest BCUT2D eigenvalue weighted by Gasteiger charge is 1.58. The molecule has 0 atom stereocenters. The van der Waals surface area contributed by atoms with Crippen molar-refractivity contribution in [2.24, 2.45) is 0 Å². The van der Waals surface area contributed by atoms with Crippen LogP contribution in [0, 0.1) is 12.3 Å². The smallest absolute Gasteiger partial charge is 0.0661 e. The molecule has 0 aliphatic carbocycles. The molecule has 5 heavy (non-hydrogen) atoms. The lowest BCUT2D eigenvalue weighted by molar-refractivity contribution is 1.22. The first-order valence-electron chi connectivity index (χ1n) is 1.18. The first-order chi connectivity index (χ1) is 2.41. The van der Waals surface area contributed by atoms with E-state index >= 15 is 0 Å². The Morgan fingerprint density at radius 2 is 2.60 bits per heavy atom. The van der Waals surface area contributed by atoms with E-state index in [0.717, 1.165) is 0 Å². The molecule has 0 aromatic rings. The van der Waals surface area contributed by atoms with Crippen molar-refractivity contribution in [2.45, 2.75) is 0 Å². The number of nitrogens with one attached hydrogen (secondary N) is 1. The van der Waals surface area contributed by atoms with Gasteiger partial charge in [0.2, 0.25) is 0 Å². The van der Waals surface area contributed by atoms with Gasteiger partial charge in [0.25, 0.3) is 0 Å². The average molecular weight is 181 g/mol. The summed E-state index contributed by atoms with van der Waals surface area (Å²) in [6.07, 6.45) is 4.82. The maximum atomic E-state index is 4.82. The Morgan fingerprint density at radius 1 is 2.00 bits per heavy atom. The summed E-state index contributed by atoms with van der Waals surface area (Å²) in [6.45, 7) is 0.653. The molecule has 0 aromatic heterocycles. The molecule has 0 radical (unpaired) electrons. The van der Waals surface area contributed by atoms with Crippen molar-refractivity contribution >= 4 is 22.9 Å². The standard InChI is InChI=1S/C3H4IN/c1-2-3-5-4/h1,5H,3H2. The van der Waals surface area contributed by atoms with E-state index in [1.54, 1.807) is 0 Å². The lowest BCUT2D eigenvalue weighted by atomic mass is 10.7. The van der Waals surface area contributed by atoms with Gasteiger partial charge in [-0.05, 0) is 0 Å².